The summed E-state index contributed by atoms with van der Waals surface area (Å²) < 4.78 is 39.5. The molecular formula is C22H25N6O3PS. The van der Waals surface area contributed by atoms with Crippen molar-refractivity contribution in [3.8, 4) is 0 Å². The van der Waals surface area contributed by atoms with Crippen molar-refractivity contribution in [1.82, 2.24) is 19.7 Å². The van der Waals surface area contributed by atoms with E-state index < -0.39 is 17.2 Å². The zero-order chi connectivity index (χ0) is 23.6. The molecule has 172 valence electrons. The van der Waals surface area contributed by atoms with Crippen molar-refractivity contribution in [3.05, 3.63) is 60.8 Å². The van der Waals surface area contributed by atoms with E-state index in [9.17, 15) is 13.0 Å². The molecule has 0 radical (unpaired) electrons. The van der Waals surface area contributed by atoms with Gasteiger partial charge in [0.2, 0.25) is 16.0 Å². The fourth-order valence-corrected chi connectivity index (χ4v) is 5.59. The summed E-state index contributed by atoms with van der Waals surface area (Å²) in [5.41, 5.74) is 1.97. The highest BCUT2D eigenvalue weighted by atomic mass is 32.2. The molecule has 0 bridgehead atoms. The van der Waals surface area contributed by atoms with Gasteiger partial charge in [-0.15, -0.1) is 0 Å². The lowest BCUT2D eigenvalue weighted by Gasteiger charge is -2.16. The van der Waals surface area contributed by atoms with E-state index in [2.05, 4.69) is 30.3 Å². The van der Waals surface area contributed by atoms with Crippen LogP contribution in [0.15, 0.2) is 65.7 Å². The summed E-state index contributed by atoms with van der Waals surface area (Å²) in [5.74, 6) is 0.874. The largest absolute Gasteiger partial charge is 0.346 e. The number of anilines is 4. The summed E-state index contributed by atoms with van der Waals surface area (Å²) >= 11 is 0. The molecule has 33 heavy (non-hydrogen) atoms. The first-order valence-electron chi connectivity index (χ1n) is 10.3. The summed E-state index contributed by atoms with van der Waals surface area (Å²) in [5, 5.41) is 7.94. The number of aromatic nitrogens is 3. The van der Waals surface area contributed by atoms with Gasteiger partial charge in [0.15, 0.2) is 0 Å². The Morgan fingerprint density at radius 1 is 0.970 bits per heavy atom. The highest BCUT2D eigenvalue weighted by Crippen LogP contribution is 2.38. The van der Waals surface area contributed by atoms with Crippen LogP contribution in [0.5, 0.6) is 0 Å². The van der Waals surface area contributed by atoms with Crippen LogP contribution in [0.4, 0.5) is 23.1 Å². The third kappa shape index (κ3) is 5.08. The van der Waals surface area contributed by atoms with Gasteiger partial charge in [0.1, 0.15) is 18.6 Å². The molecule has 4 aromatic rings. The molecule has 0 spiro atoms. The fraction of sp³-hybridized carbons (Fsp3) is 0.182. The lowest BCUT2D eigenvalue weighted by molar-refractivity contribution is 0.583. The van der Waals surface area contributed by atoms with Crippen LogP contribution in [0, 0.1) is 0 Å². The van der Waals surface area contributed by atoms with Crippen LogP contribution in [-0.4, -0.2) is 43.2 Å². The zero-order valence-corrected chi connectivity index (χ0v) is 20.2. The maximum atomic E-state index is 12.7. The Bertz CT molecular complexity index is 1440. The van der Waals surface area contributed by atoms with Gasteiger partial charge in [-0.1, -0.05) is 19.1 Å². The summed E-state index contributed by atoms with van der Waals surface area (Å²) in [6.45, 7) is 5.50. The van der Waals surface area contributed by atoms with Gasteiger partial charge >= 0.3 is 0 Å². The van der Waals surface area contributed by atoms with Gasteiger partial charge in [0, 0.05) is 23.7 Å². The van der Waals surface area contributed by atoms with E-state index in [1.807, 2.05) is 30.3 Å². The highest BCUT2D eigenvalue weighted by molar-refractivity contribution is 7.89. The number of nitrogens with zero attached hydrogens (tertiary/aromatic N) is 2. The topological polar surface area (TPSA) is 129 Å². The Morgan fingerprint density at radius 3 is 2.39 bits per heavy atom. The molecule has 0 amide bonds. The molecule has 0 aliphatic heterocycles. The minimum absolute atomic E-state index is 0.179. The van der Waals surface area contributed by atoms with E-state index in [1.54, 1.807) is 38.6 Å². The summed E-state index contributed by atoms with van der Waals surface area (Å²) in [4.78, 5) is 12.4. The summed E-state index contributed by atoms with van der Waals surface area (Å²) in [7, 11) is -6.04. The molecule has 0 aliphatic rings. The molecule has 2 aromatic heterocycles. The van der Waals surface area contributed by atoms with Crippen LogP contribution >= 0.6 is 7.14 Å². The fourth-order valence-electron chi connectivity index (χ4n) is 3.39. The molecule has 4 N–H and O–H groups in total. The van der Waals surface area contributed by atoms with Crippen molar-refractivity contribution in [2.24, 2.45) is 0 Å². The van der Waals surface area contributed by atoms with Crippen LogP contribution in [-0.2, 0) is 14.6 Å². The lowest BCUT2D eigenvalue weighted by Crippen LogP contribution is -2.22. The Kier molecular flexibility index (Phi) is 6.25. The number of fused-ring (bicyclic) bond motifs is 1. The number of rotatable bonds is 8. The Morgan fingerprint density at radius 2 is 1.70 bits per heavy atom. The monoisotopic (exact) mass is 484 g/mol. The summed E-state index contributed by atoms with van der Waals surface area (Å²) in [6, 6.07) is 15.7. The number of aromatic amines is 1. The predicted molar refractivity (Wildman–Crippen MR) is 133 cm³/mol. The van der Waals surface area contributed by atoms with Gasteiger partial charge < -0.3 is 20.2 Å². The Hall–Kier alpha value is -3.20. The molecule has 9 nitrogen and oxygen atoms in total. The second-order valence-corrected chi connectivity index (χ2v) is 12.7. The Labute approximate surface area is 192 Å². The van der Waals surface area contributed by atoms with Crippen molar-refractivity contribution in [2.75, 3.05) is 30.5 Å². The highest BCUT2D eigenvalue weighted by Gasteiger charge is 2.18. The van der Waals surface area contributed by atoms with E-state index in [4.69, 9.17) is 0 Å². The first-order chi connectivity index (χ1) is 15.7. The van der Waals surface area contributed by atoms with Crippen molar-refractivity contribution in [2.45, 2.75) is 11.8 Å². The molecule has 11 heteroatoms. The van der Waals surface area contributed by atoms with Gasteiger partial charge in [-0.3, -0.25) is 0 Å². The SMILES string of the molecule is CCNS(=O)(=O)c1ccc(Nc2nc(Nc3ccccc3P(C)(C)=O)c3cc[nH]c3n2)cc1. The van der Waals surface area contributed by atoms with Crippen LogP contribution in [0.25, 0.3) is 11.0 Å². The molecule has 0 aliphatic carbocycles. The molecule has 0 unspecified atom stereocenters. The minimum atomic E-state index is -3.53. The second kappa shape index (κ2) is 8.97. The lowest BCUT2D eigenvalue weighted by atomic mass is 10.3. The van der Waals surface area contributed by atoms with Crippen LogP contribution < -0.4 is 20.7 Å². The van der Waals surface area contributed by atoms with E-state index >= 15 is 0 Å². The van der Waals surface area contributed by atoms with Crippen LogP contribution in [0.2, 0.25) is 0 Å². The second-order valence-electron chi connectivity index (χ2n) is 7.78. The van der Waals surface area contributed by atoms with Gasteiger partial charge in [-0.2, -0.15) is 9.97 Å². The minimum Gasteiger partial charge on any atom is -0.346 e. The maximum Gasteiger partial charge on any atom is 0.240 e. The van der Waals surface area contributed by atoms with Crippen molar-refractivity contribution >= 4 is 56.6 Å². The molecule has 2 aromatic carbocycles. The quantitative estimate of drug-likeness (QED) is 0.278. The number of sulfonamides is 1. The van der Waals surface area contributed by atoms with E-state index in [0.717, 1.165) is 16.4 Å². The average molecular weight is 485 g/mol. The van der Waals surface area contributed by atoms with Gasteiger partial charge in [-0.25, -0.2) is 13.1 Å². The number of nitrogens with one attached hydrogen (secondary N) is 4. The zero-order valence-electron chi connectivity index (χ0n) is 18.5. The normalized spacial score (nSPS) is 12.1. The van der Waals surface area contributed by atoms with Gasteiger partial charge in [0.05, 0.1) is 16.0 Å². The molecule has 2 heterocycles. The van der Waals surface area contributed by atoms with E-state index in [1.165, 1.54) is 12.1 Å². The number of hydrogen-bond acceptors (Lipinski definition) is 7. The standard InChI is InChI=1S/C22H25N6O3PS/c1-4-24-33(30,31)16-11-9-15(10-12-16)25-22-27-20-17(13-14-23-20)21(28-22)26-18-7-5-6-8-19(18)32(2,3)29/h5-14,24H,4H2,1-3H3,(H3,23,25,26,27,28). The molecule has 0 saturated carbocycles. The van der Waals surface area contributed by atoms with Crippen molar-refractivity contribution in [3.63, 3.8) is 0 Å². The van der Waals surface area contributed by atoms with E-state index in [0.29, 0.717) is 29.6 Å². The Balaban J connectivity index is 1.66. The van der Waals surface area contributed by atoms with Crippen molar-refractivity contribution in [1.29, 1.82) is 0 Å². The molecule has 0 saturated heterocycles. The third-order valence-electron chi connectivity index (χ3n) is 4.91. The molecule has 4 rings (SSSR count). The molecular weight excluding hydrogens is 459 g/mol. The number of benzene rings is 2. The maximum absolute atomic E-state index is 12.7. The average Bonchev–Trinajstić information content (AvgIpc) is 3.23. The summed E-state index contributed by atoms with van der Waals surface area (Å²) in [6.07, 6.45) is 1.77. The van der Waals surface area contributed by atoms with Crippen LogP contribution in [0.3, 0.4) is 0 Å². The van der Waals surface area contributed by atoms with E-state index in [-0.39, 0.29) is 4.90 Å². The van der Waals surface area contributed by atoms with Crippen LogP contribution in [0.1, 0.15) is 6.92 Å². The van der Waals surface area contributed by atoms with Crippen molar-refractivity contribution < 1.29 is 13.0 Å². The number of para-hydroxylation sites is 1. The number of hydrogen-bond donors (Lipinski definition) is 4. The van der Waals surface area contributed by atoms with Gasteiger partial charge in [-0.05, 0) is 55.8 Å². The predicted octanol–water partition coefficient (Wildman–Crippen LogP) is 3.99. The van der Waals surface area contributed by atoms with Gasteiger partial charge in [0.25, 0.3) is 0 Å². The number of H-pyrrole nitrogens is 1. The molecule has 0 fully saturated rings. The molecule has 0 atom stereocenters. The first kappa shape index (κ1) is 23.0. The first-order valence-corrected chi connectivity index (χ1v) is 14.4. The third-order valence-corrected chi connectivity index (χ3v) is 8.02. The smallest absolute Gasteiger partial charge is 0.240 e.